The van der Waals surface area contributed by atoms with Gasteiger partial charge in [-0.25, -0.2) is 14.1 Å². The molecule has 1 aliphatic carbocycles. The van der Waals surface area contributed by atoms with E-state index in [9.17, 15) is 4.39 Å². The Kier molecular flexibility index (Phi) is 3.07. The second kappa shape index (κ2) is 5.21. The highest BCUT2D eigenvalue weighted by molar-refractivity contribution is 5.39. The Morgan fingerprint density at radius 1 is 1.24 bits per heavy atom. The summed E-state index contributed by atoms with van der Waals surface area (Å²) in [7, 11) is 0. The lowest BCUT2D eigenvalue weighted by molar-refractivity contribution is 0.305. The van der Waals surface area contributed by atoms with Gasteiger partial charge in [-0.05, 0) is 32.3 Å². The van der Waals surface area contributed by atoms with E-state index in [1.54, 1.807) is 6.07 Å². The number of aryl methyl sites for hydroxylation is 2. The third-order valence-electron chi connectivity index (χ3n) is 5.32. The molecule has 2 aromatic heterocycles. The molecule has 1 aliphatic heterocycles. The van der Waals surface area contributed by atoms with Gasteiger partial charge in [-0.3, -0.25) is 0 Å². The molecule has 0 saturated heterocycles. The number of rotatable bonds is 3. The summed E-state index contributed by atoms with van der Waals surface area (Å²) in [5, 5.41) is 8.63. The van der Waals surface area contributed by atoms with Crippen LogP contribution in [0.4, 0.5) is 4.39 Å². The molecule has 0 spiro atoms. The Bertz CT molecular complexity index is 943. The Hall–Kier alpha value is -2.57. The summed E-state index contributed by atoms with van der Waals surface area (Å²) in [5.41, 5.74) is 0.247. The van der Waals surface area contributed by atoms with Crippen molar-refractivity contribution in [3.63, 3.8) is 0 Å². The van der Waals surface area contributed by atoms with Gasteiger partial charge in [0.2, 0.25) is 5.89 Å². The molecule has 0 radical (unpaired) electrons. The Morgan fingerprint density at radius 2 is 2.08 bits per heavy atom. The number of hydrogen-bond donors (Lipinski definition) is 0. The van der Waals surface area contributed by atoms with Crippen molar-refractivity contribution in [2.75, 3.05) is 0 Å². The fourth-order valence-corrected chi connectivity index (χ4v) is 3.82. The number of fused-ring (bicyclic) bond motifs is 1. The normalized spacial score (nSPS) is 21.1. The van der Waals surface area contributed by atoms with Crippen LogP contribution in [-0.2, 0) is 18.4 Å². The van der Waals surface area contributed by atoms with Gasteiger partial charge in [-0.1, -0.05) is 23.4 Å². The van der Waals surface area contributed by atoms with Crippen molar-refractivity contribution in [3.05, 3.63) is 59.0 Å². The van der Waals surface area contributed by atoms with E-state index >= 15 is 0 Å². The van der Waals surface area contributed by atoms with Crippen LogP contribution in [0.2, 0.25) is 0 Å². The second-order valence-electron chi connectivity index (χ2n) is 7.01. The average Bonchev–Trinajstić information content (AvgIpc) is 3.09. The van der Waals surface area contributed by atoms with Gasteiger partial charge in [-0.15, -0.1) is 0 Å². The molecule has 1 saturated carbocycles. The Balaban J connectivity index is 1.44. The molecular formula is C18H18FN5O. The minimum Gasteiger partial charge on any atom is -0.339 e. The first kappa shape index (κ1) is 14.7. The monoisotopic (exact) mass is 339 g/mol. The van der Waals surface area contributed by atoms with Crippen LogP contribution in [0.15, 0.2) is 28.8 Å². The zero-order valence-corrected chi connectivity index (χ0v) is 13.9. The number of halogens is 1. The molecule has 1 fully saturated rings. The third kappa shape index (κ3) is 2.29. The van der Waals surface area contributed by atoms with Gasteiger partial charge in [0.25, 0.3) is 0 Å². The molecule has 0 bridgehead atoms. The van der Waals surface area contributed by atoms with Crippen LogP contribution in [0.5, 0.6) is 0 Å². The predicted molar refractivity (Wildman–Crippen MR) is 86.5 cm³/mol. The maximum atomic E-state index is 14.2. The molecule has 1 unspecified atom stereocenters. The number of aromatic nitrogens is 5. The SMILES string of the molecule is Cc1nc2n(n1)CC(c1nc(C3(c4ccccc4F)CC3)no1)CC2. The highest BCUT2D eigenvalue weighted by atomic mass is 19.1. The summed E-state index contributed by atoms with van der Waals surface area (Å²) in [6.45, 7) is 2.60. The van der Waals surface area contributed by atoms with Crippen LogP contribution in [-0.4, -0.2) is 24.9 Å². The molecule has 1 aromatic carbocycles. The molecule has 7 heteroatoms. The van der Waals surface area contributed by atoms with Crippen LogP contribution in [0, 0.1) is 12.7 Å². The minimum atomic E-state index is -0.420. The van der Waals surface area contributed by atoms with Crippen LogP contribution in [0.1, 0.15) is 54.1 Å². The Labute approximate surface area is 144 Å². The molecule has 6 nitrogen and oxygen atoms in total. The van der Waals surface area contributed by atoms with E-state index in [-0.39, 0.29) is 11.7 Å². The minimum absolute atomic E-state index is 0.131. The van der Waals surface area contributed by atoms with Gasteiger partial charge in [0.05, 0.1) is 17.9 Å². The van der Waals surface area contributed by atoms with Crippen molar-refractivity contribution in [1.29, 1.82) is 0 Å². The standard InChI is InChI=1S/C18H18FN5O/c1-11-20-15-7-6-12(10-24(15)22-11)16-21-17(23-25-16)18(8-9-18)13-4-2-3-5-14(13)19/h2-5,12H,6-10H2,1H3. The van der Waals surface area contributed by atoms with Crippen LogP contribution < -0.4 is 0 Å². The van der Waals surface area contributed by atoms with E-state index in [1.165, 1.54) is 6.07 Å². The Morgan fingerprint density at radius 3 is 2.88 bits per heavy atom. The summed E-state index contributed by atoms with van der Waals surface area (Å²) >= 11 is 0. The van der Waals surface area contributed by atoms with E-state index in [2.05, 4.69) is 20.2 Å². The molecule has 0 amide bonds. The average molecular weight is 339 g/mol. The molecule has 5 rings (SSSR count). The summed E-state index contributed by atoms with van der Waals surface area (Å²) in [5.74, 6) is 2.96. The van der Waals surface area contributed by atoms with Crippen molar-refractivity contribution < 1.29 is 8.91 Å². The zero-order chi connectivity index (χ0) is 17.0. The zero-order valence-electron chi connectivity index (χ0n) is 13.9. The second-order valence-corrected chi connectivity index (χ2v) is 7.01. The van der Waals surface area contributed by atoms with Gasteiger partial charge in [-0.2, -0.15) is 10.1 Å². The van der Waals surface area contributed by atoms with E-state index in [0.717, 1.165) is 37.3 Å². The van der Waals surface area contributed by atoms with Gasteiger partial charge >= 0.3 is 0 Å². The van der Waals surface area contributed by atoms with E-state index in [0.29, 0.717) is 23.8 Å². The number of benzene rings is 1. The van der Waals surface area contributed by atoms with Crippen molar-refractivity contribution in [2.45, 2.75) is 50.5 Å². The maximum Gasteiger partial charge on any atom is 0.231 e. The lowest BCUT2D eigenvalue weighted by Gasteiger charge is -2.19. The highest BCUT2D eigenvalue weighted by Gasteiger charge is 2.51. The van der Waals surface area contributed by atoms with E-state index in [1.807, 2.05) is 23.7 Å². The van der Waals surface area contributed by atoms with Crippen molar-refractivity contribution in [3.8, 4) is 0 Å². The molecule has 0 N–H and O–H groups in total. The smallest absolute Gasteiger partial charge is 0.231 e. The van der Waals surface area contributed by atoms with Gasteiger partial charge in [0.1, 0.15) is 17.5 Å². The fourth-order valence-electron chi connectivity index (χ4n) is 3.82. The molecule has 1 atom stereocenters. The number of hydrogen-bond acceptors (Lipinski definition) is 5. The lowest BCUT2D eigenvalue weighted by atomic mass is 9.94. The maximum absolute atomic E-state index is 14.2. The first-order valence-electron chi connectivity index (χ1n) is 8.65. The van der Waals surface area contributed by atoms with Crippen LogP contribution >= 0.6 is 0 Å². The lowest BCUT2D eigenvalue weighted by Crippen LogP contribution is -2.20. The molecule has 3 heterocycles. The van der Waals surface area contributed by atoms with E-state index in [4.69, 9.17) is 4.52 Å². The first-order valence-corrected chi connectivity index (χ1v) is 8.65. The number of nitrogens with zero attached hydrogens (tertiary/aromatic N) is 5. The van der Waals surface area contributed by atoms with Crippen molar-refractivity contribution in [1.82, 2.24) is 24.9 Å². The van der Waals surface area contributed by atoms with Crippen molar-refractivity contribution in [2.24, 2.45) is 0 Å². The molecule has 25 heavy (non-hydrogen) atoms. The van der Waals surface area contributed by atoms with Gasteiger partial charge < -0.3 is 4.52 Å². The van der Waals surface area contributed by atoms with Crippen molar-refractivity contribution >= 4 is 0 Å². The summed E-state index contributed by atoms with van der Waals surface area (Å²) < 4.78 is 21.7. The fraction of sp³-hybridized carbons (Fsp3) is 0.444. The predicted octanol–water partition coefficient (Wildman–Crippen LogP) is 2.92. The summed E-state index contributed by atoms with van der Waals surface area (Å²) in [6.07, 6.45) is 3.46. The first-order chi connectivity index (χ1) is 12.2. The molecule has 3 aromatic rings. The molecule has 128 valence electrons. The summed E-state index contributed by atoms with van der Waals surface area (Å²) in [6, 6.07) is 6.88. The third-order valence-corrected chi connectivity index (χ3v) is 5.32. The van der Waals surface area contributed by atoms with Crippen LogP contribution in [0.25, 0.3) is 0 Å². The van der Waals surface area contributed by atoms with E-state index < -0.39 is 5.41 Å². The highest BCUT2D eigenvalue weighted by Crippen LogP contribution is 2.53. The quantitative estimate of drug-likeness (QED) is 0.734. The summed E-state index contributed by atoms with van der Waals surface area (Å²) in [4.78, 5) is 9.09. The molecule has 2 aliphatic rings. The van der Waals surface area contributed by atoms with Crippen LogP contribution in [0.3, 0.4) is 0 Å². The van der Waals surface area contributed by atoms with Gasteiger partial charge in [0, 0.05) is 12.0 Å². The topological polar surface area (TPSA) is 69.6 Å². The van der Waals surface area contributed by atoms with Gasteiger partial charge in [0.15, 0.2) is 5.82 Å². The largest absolute Gasteiger partial charge is 0.339 e. The molecular weight excluding hydrogens is 321 g/mol.